The van der Waals surface area contributed by atoms with Crippen molar-refractivity contribution in [1.82, 2.24) is 9.03 Å². The molecule has 2 aliphatic rings. The molecule has 1 saturated heterocycles. The van der Waals surface area contributed by atoms with E-state index in [-0.39, 0.29) is 11.8 Å². The van der Waals surface area contributed by atoms with E-state index >= 15 is 0 Å². The zero-order valence-electron chi connectivity index (χ0n) is 10.0. The van der Waals surface area contributed by atoms with Crippen molar-refractivity contribution in [2.75, 3.05) is 13.1 Å². The highest BCUT2D eigenvalue weighted by molar-refractivity contribution is 7.87. The van der Waals surface area contributed by atoms with Crippen LogP contribution in [0.15, 0.2) is 0 Å². The summed E-state index contributed by atoms with van der Waals surface area (Å²) in [6, 6.07) is 0. The van der Waals surface area contributed by atoms with Crippen LogP contribution in [0.3, 0.4) is 0 Å². The first kappa shape index (κ1) is 12.8. The second kappa shape index (κ2) is 5.35. The fourth-order valence-corrected chi connectivity index (χ4v) is 3.37. The van der Waals surface area contributed by atoms with Crippen LogP contribution >= 0.6 is 0 Å². The Labute approximate surface area is 103 Å². The molecule has 0 atom stereocenters. The van der Waals surface area contributed by atoms with Gasteiger partial charge in [0.1, 0.15) is 0 Å². The maximum Gasteiger partial charge on any atom is 0.303 e. The van der Waals surface area contributed by atoms with E-state index in [9.17, 15) is 13.2 Å². The van der Waals surface area contributed by atoms with Crippen molar-refractivity contribution >= 4 is 16.1 Å². The number of carbonyl (C=O) groups excluding carboxylic acids is 1. The summed E-state index contributed by atoms with van der Waals surface area (Å²) in [5.74, 6) is -0.397. The van der Waals surface area contributed by atoms with Gasteiger partial charge in [0, 0.05) is 19.0 Å². The molecule has 5 nitrogen and oxygen atoms in total. The lowest BCUT2D eigenvalue weighted by Gasteiger charge is -2.24. The second-order valence-electron chi connectivity index (χ2n) is 4.91. The van der Waals surface area contributed by atoms with Crippen LogP contribution in [0.5, 0.6) is 0 Å². The quantitative estimate of drug-likeness (QED) is 0.824. The average molecular weight is 260 g/mol. The van der Waals surface area contributed by atoms with E-state index in [4.69, 9.17) is 0 Å². The van der Waals surface area contributed by atoms with Crippen LogP contribution < -0.4 is 4.72 Å². The smallest absolute Gasteiger partial charge is 0.274 e. The third-order valence-corrected chi connectivity index (χ3v) is 4.84. The molecular formula is C11H20N2O3S. The zero-order valence-corrected chi connectivity index (χ0v) is 10.8. The molecule has 17 heavy (non-hydrogen) atoms. The highest BCUT2D eigenvalue weighted by Crippen LogP contribution is 2.29. The fraction of sp³-hybridized carbons (Fsp3) is 0.909. The summed E-state index contributed by atoms with van der Waals surface area (Å²) < 4.78 is 27.6. The Bertz CT molecular complexity index is 368. The molecular weight excluding hydrogens is 240 g/mol. The van der Waals surface area contributed by atoms with Gasteiger partial charge < -0.3 is 0 Å². The summed E-state index contributed by atoms with van der Waals surface area (Å²) in [4.78, 5) is 11.5. The van der Waals surface area contributed by atoms with E-state index in [1.165, 1.54) is 10.7 Å². The number of nitrogens with one attached hydrogen (secondary N) is 1. The van der Waals surface area contributed by atoms with Gasteiger partial charge in [-0.2, -0.15) is 12.7 Å². The summed E-state index contributed by atoms with van der Waals surface area (Å²) in [7, 11) is -3.59. The van der Waals surface area contributed by atoms with E-state index < -0.39 is 10.2 Å². The average Bonchev–Trinajstić information content (AvgIpc) is 2.97. The van der Waals surface area contributed by atoms with Gasteiger partial charge in [-0.1, -0.05) is 19.3 Å². The molecule has 0 aromatic heterocycles. The zero-order chi connectivity index (χ0) is 12.3. The molecule has 1 amide bonds. The van der Waals surface area contributed by atoms with Gasteiger partial charge in [0.25, 0.3) is 0 Å². The molecule has 0 aromatic rings. The van der Waals surface area contributed by atoms with E-state index in [0.717, 1.165) is 38.5 Å². The van der Waals surface area contributed by atoms with Gasteiger partial charge in [-0.15, -0.1) is 0 Å². The second-order valence-corrected chi connectivity index (χ2v) is 6.58. The third kappa shape index (κ3) is 3.67. The maximum atomic E-state index is 12.0. The molecule has 1 heterocycles. The summed E-state index contributed by atoms with van der Waals surface area (Å²) in [5.41, 5.74) is 0. The number of nitrogens with zero attached hydrogens (tertiary/aromatic N) is 1. The van der Waals surface area contributed by atoms with Gasteiger partial charge in [0.15, 0.2) is 0 Å². The predicted molar refractivity (Wildman–Crippen MR) is 64.4 cm³/mol. The topological polar surface area (TPSA) is 66.5 Å². The molecule has 2 fully saturated rings. The summed E-state index contributed by atoms with van der Waals surface area (Å²) >= 11 is 0. The van der Waals surface area contributed by atoms with Crippen molar-refractivity contribution in [3.05, 3.63) is 0 Å². The number of hydrogen-bond donors (Lipinski definition) is 1. The minimum atomic E-state index is -3.59. The Hall–Kier alpha value is -0.620. The van der Waals surface area contributed by atoms with E-state index in [2.05, 4.69) is 4.72 Å². The molecule has 0 radical (unpaired) electrons. The van der Waals surface area contributed by atoms with E-state index in [0.29, 0.717) is 13.1 Å². The van der Waals surface area contributed by atoms with Gasteiger partial charge in [-0.3, -0.25) is 4.79 Å². The molecule has 6 heteroatoms. The van der Waals surface area contributed by atoms with Crippen molar-refractivity contribution in [1.29, 1.82) is 0 Å². The van der Waals surface area contributed by atoms with Crippen molar-refractivity contribution in [3.63, 3.8) is 0 Å². The van der Waals surface area contributed by atoms with Gasteiger partial charge >= 0.3 is 10.2 Å². The minimum Gasteiger partial charge on any atom is -0.274 e. The van der Waals surface area contributed by atoms with Crippen LogP contribution in [-0.2, 0) is 15.0 Å². The monoisotopic (exact) mass is 260 g/mol. The Morgan fingerprint density at radius 2 is 1.53 bits per heavy atom. The van der Waals surface area contributed by atoms with Gasteiger partial charge in [0.2, 0.25) is 5.91 Å². The van der Waals surface area contributed by atoms with Crippen LogP contribution in [0.1, 0.15) is 44.9 Å². The Morgan fingerprint density at radius 1 is 1.00 bits per heavy atom. The van der Waals surface area contributed by atoms with Gasteiger partial charge in [-0.05, 0) is 25.7 Å². The first-order chi connectivity index (χ1) is 8.09. The standard InChI is InChI=1S/C11H20N2O3S/c14-11(10-6-7-10)12-17(15,16)13-8-4-2-1-3-5-9-13/h10H,1-9H2,(H,12,14). The van der Waals surface area contributed by atoms with Crippen LogP contribution in [-0.4, -0.2) is 31.7 Å². The predicted octanol–water partition coefficient (Wildman–Crippen LogP) is 1.02. The highest BCUT2D eigenvalue weighted by Gasteiger charge is 2.34. The summed E-state index contributed by atoms with van der Waals surface area (Å²) in [5, 5.41) is 0. The molecule has 0 unspecified atom stereocenters. The number of carbonyl (C=O) groups is 1. The summed E-state index contributed by atoms with van der Waals surface area (Å²) in [6.07, 6.45) is 6.74. The Balaban J connectivity index is 1.94. The van der Waals surface area contributed by atoms with Gasteiger partial charge in [0.05, 0.1) is 0 Å². The van der Waals surface area contributed by atoms with Crippen molar-refractivity contribution in [2.24, 2.45) is 5.92 Å². The van der Waals surface area contributed by atoms with Crippen LogP contribution in [0.4, 0.5) is 0 Å². The number of rotatable bonds is 3. The molecule has 1 saturated carbocycles. The molecule has 2 rings (SSSR count). The molecule has 1 aliphatic heterocycles. The lowest BCUT2D eigenvalue weighted by atomic mass is 10.1. The molecule has 1 aliphatic carbocycles. The lowest BCUT2D eigenvalue weighted by molar-refractivity contribution is -0.120. The van der Waals surface area contributed by atoms with Crippen molar-refractivity contribution < 1.29 is 13.2 Å². The molecule has 0 aromatic carbocycles. The van der Waals surface area contributed by atoms with Crippen LogP contribution in [0, 0.1) is 5.92 Å². The van der Waals surface area contributed by atoms with Crippen molar-refractivity contribution in [2.45, 2.75) is 44.9 Å². The SMILES string of the molecule is O=C(NS(=O)(=O)N1CCCCCCC1)C1CC1. The number of amides is 1. The van der Waals surface area contributed by atoms with Gasteiger partial charge in [-0.25, -0.2) is 4.72 Å². The van der Waals surface area contributed by atoms with Crippen molar-refractivity contribution in [3.8, 4) is 0 Å². The third-order valence-electron chi connectivity index (χ3n) is 3.33. The molecule has 0 bridgehead atoms. The lowest BCUT2D eigenvalue weighted by Crippen LogP contribution is -2.45. The van der Waals surface area contributed by atoms with E-state index in [1.807, 2.05) is 0 Å². The van der Waals surface area contributed by atoms with Crippen LogP contribution in [0.2, 0.25) is 0 Å². The normalized spacial score (nSPS) is 23.8. The highest BCUT2D eigenvalue weighted by atomic mass is 32.2. The minimum absolute atomic E-state index is 0.0699. The Kier molecular flexibility index (Phi) is 4.04. The molecule has 98 valence electrons. The van der Waals surface area contributed by atoms with Crippen LogP contribution in [0.25, 0.3) is 0 Å². The fourth-order valence-electron chi connectivity index (χ4n) is 2.08. The largest absolute Gasteiger partial charge is 0.303 e. The first-order valence-electron chi connectivity index (χ1n) is 6.41. The van der Waals surface area contributed by atoms with E-state index in [1.54, 1.807) is 0 Å². The molecule has 1 N–H and O–H groups in total. The Morgan fingerprint density at radius 3 is 2.06 bits per heavy atom. The number of hydrogen-bond acceptors (Lipinski definition) is 3. The maximum absolute atomic E-state index is 12.0. The molecule has 0 spiro atoms. The summed E-state index contributed by atoms with van der Waals surface area (Å²) in [6.45, 7) is 1.07. The first-order valence-corrected chi connectivity index (χ1v) is 7.85.